The molecule has 5 aliphatic heterocycles. The van der Waals surface area contributed by atoms with Gasteiger partial charge in [-0.15, -0.1) is 58.8 Å². The van der Waals surface area contributed by atoms with Crippen LogP contribution >= 0.6 is 58.8 Å². The topological polar surface area (TPSA) is 88.1 Å². The summed E-state index contributed by atoms with van der Waals surface area (Å²) in [6, 6.07) is 0. The smallest absolute Gasteiger partial charge is 0.304 e. The van der Waals surface area contributed by atoms with E-state index in [-0.39, 0.29) is 11.4 Å². The van der Waals surface area contributed by atoms with Gasteiger partial charge >= 0.3 is 5.97 Å². The second-order valence-electron chi connectivity index (χ2n) is 8.71. The Kier molecular flexibility index (Phi) is 8.95. The average Bonchev–Trinajstić information content (AvgIpc) is 3.70. The number of hydrogen-bond donors (Lipinski definition) is 0. The van der Waals surface area contributed by atoms with E-state index in [9.17, 15) is 4.79 Å². The Hall–Kier alpha value is -0.430. The number of nitrogens with zero attached hydrogens (tertiary/aromatic N) is 5. The first-order valence-electron chi connectivity index (χ1n) is 12.2. The molecule has 12 heteroatoms. The molecule has 190 valence electrons. The number of thioether (sulfide) groups is 5. The van der Waals surface area contributed by atoms with Crippen molar-refractivity contribution in [2.45, 2.75) is 38.2 Å². The van der Waals surface area contributed by atoms with Crippen LogP contribution in [-0.2, 0) is 9.53 Å². The predicted octanol–water partition coefficient (Wildman–Crippen LogP) is 4.56. The lowest BCUT2D eigenvalue weighted by atomic mass is 9.83. The first-order chi connectivity index (χ1) is 17.1. The minimum atomic E-state index is -0.824. The van der Waals surface area contributed by atoms with Crippen molar-refractivity contribution in [2.75, 3.05) is 61.5 Å². The van der Waals surface area contributed by atoms with Gasteiger partial charge in [0.05, 0.1) is 15.1 Å². The summed E-state index contributed by atoms with van der Waals surface area (Å²) in [5.74, 6) is 4.72. The molecule has 5 aliphatic rings. The molecule has 5 rings (SSSR count). The Balaban J connectivity index is 1.39. The minimum absolute atomic E-state index is 0.269. The van der Waals surface area contributed by atoms with Gasteiger partial charge in [-0.2, -0.15) is 0 Å². The molecule has 5 heterocycles. The maximum absolute atomic E-state index is 12.3. The molecule has 0 fully saturated rings. The summed E-state index contributed by atoms with van der Waals surface area (Å²) in [5.41, 5.74) is -1.11. The van der Waals surface area contributed by atoms with Crippen molar-refractivity contribution in [3.05, 3.63) is 0 Å². The van der Waals surface area contributed by atoms with Gasteiger partial charge in [0.1, 0.15) is 15.5 Å². The maximum atomic E-state index is 12.3. The SMILES string of the molecule is CC(=O)OC(CCCCC(C1=NCCS1)(C1=NCCS1)C1=NCCS1)(C1=NCCS1)C1=NCCS1. The third-order valence-corrected chi connectivity index (χ3v) is 12.0. The number of carbonyl (C=O) groups excluding carboxylic acids is 1. The van der Waals surface area contributed by atoms with Crippen LogP contribution < -0.4 is 0 Å². The van der Waals surface area contributed by atoms with Gasteiger partial charge in [-0.05, 0) is 12.8 Å². The number of ether oxygens (including phenoxy) is 1. The second kappa shape index (κ2) is 12.0. The Bertz CT molecular complexity index is 909. The van der Waals surface area contributed by atoms with Crippen LogP contribution in [0, 0.1) is 5.41 Å². The van der Waals surface area contributed by atoms with Crippen LogP contribution in [0.3, 0.4) is 0 Å². The number of unbranched alkanes of at least 4 members (excludes halogenated alkanes) is 1. The normalized spacial score (nSPS) is 22.7. The molecule has 0 spiro atoms. The van der Waals surface area contributed by atoms with Crippen LogP contribution in [0.15, 0.2) is 25.0 Å². The van der Waals surface area contributed by atoms with Crippen molar-refractivity contribution >= 4 is 90.0 Å². The monoisotopic (exact) mass is 569 g/mol. The number of rotatable bonds is 11. The number of esters is 1. The van der Waals surface area contributed by atoms with E-state index in [1.54, 1.807) is 23.5 Å². The zero-order chi connectivity index (χ0) is 24.1. The third kappa shape index (κ3) is 5.42. The van der Waals surface area contributed by atoms with Crippen LogP contribution in [0.5, 0.6) is 0 Å². The Morgan fingerprint density at radius 2 is 1.03 bits per heavy atom. The molecule has 0 unspecified atom stereocenters. The highest BCUT2D eigenvalue weighted by molar-refractivity contribution is 8.19. The fraction of sp³-hybridized carbons (Fsp3) is 0.739. The van der Waals surface area contributed by atoms with Gasteiger partial charge in [0.2, 0.25) is 5.60 Å². The molecular weight excluding hydrogens is 539 g/mol. The lowest BCUT2D eigenvalue weighted by Crippen LogP contribution is -2.47. The number of carbonyl (C=O) groups is 1. The minimum Gasteiger partial charge on any atom is -0.445 e. The standard InChI is InChI=1S/C23H31N5O2S5/c1-16(29)30-23(20-27-9-14-34-20,21-28-10-15-35-21)5-3-2-4-22(17-24-6-11-31-17,18-25-7-12-32-18)19-26-8-13-33-19/h2-15H2,1H3. The first-order valence-corrected chi connectivity index (χ1v) is 17.2. The number of hydrogen-bond acceptors (Lipinski definition) is 12. The third-order valence-electron chi connectivity index (χ3n) is 6.36. The van der Waals surface area contributed by atoms with Gasteiger partial charge in [0.25, 0.3) is 0 Å². The van der Waals surface area contributed by atoms with Crippen LogP contribution in [0.2, 0.25) is 0 Å². The molecule has 0 atom stereocenters. The summed E-state index contributed by atoms with van der Waals surface area (Å²) in [7, 11) is 0. The van der Waals surface area contributed by atoms with Gasteiger partial charge in [-0.1, -0.05) is 6.42 Å². The lowest BCUT2D eigenvalue weighted by Gasteiger charge is -2.35. The van der Waals surface area contributed by atoms with Crippen molar-refractivity contribution in [2.24, 2.45) is 30.4 Å². The Morgan fingerprint density at radius 3 is 1.37 bits per heavy atom. The van der Waals surface area contributed by atoms with Crippen molar-refractivity contribution in [3.8, 4) is 0 Å². The van der Waals surface area contributed by atoms with Gasteiger partial charge in [-0.3, -0.25) is 29.8 Å². The predicted molar refractivity (Wildman–Crippen MR) is 159 cm³/mol. The highest BCUT2D eigenvalue weighted by Gasteiger charge is 2.50. The van der Waals surface area contributed by atoms with Crippen molar-refractivity contribution < 1.29 is 9.53 Å². The van der Waals surface area contributed by atoms with E-state index in [0.717, 1.165) is 90.8 Å². The van der Waals surface area contributed by atoms with Crippen LogP contribution in [-0.4, -0.2) is 98.3 Å². The molecule has 0 saturated carbocycles. The molecule has 0 aromatic carbocycles. The van der Waals surface area contributed by atoms with Gasteiger partial charge in [0.15, 0.2) is 0 Å². The number of aliphatic imine (C=N–C) groups is 5. The Labute approximate surface area is 228 Å². The Morgan fingerprint density at radius 1 is 0.657 bits per heavy atom. The molecule has 0 radical (unpaired) electrons. The summed E-state index contributed by atoms with van der Waals surface area (Å²) in [6.45, 7) is 5.68. The molecular formula is C23H31N5O2S5. The highest BCUT2D eigenvalue weighted by atomic mass is 32.2. The van der Waals surface area contributed by atoms with E-state index in [4.69, 9.17) is 29.7 Å². The van der Waals surface area contributed by atoms with Gasteiger partial charge in [0, 0.05) is 74.8 Å². The van der Waals surface area contributed by atoms with Crippen LogP contribution in [0.4, 0.5) is 0 Å². The van der Waals surface area contributed by atoms with E-state index >= 15 is 0 Å². The van der Waals surface area contributed by atoms with Crippen LogP contribution in [0.1, 0.15) is 32.6 Å². The van der Waals surface area contributed by atoms with E-state index in [1.807, 2.05) is 35.3 Å². The van der Waals surface area contributed by atoms with E-state index in [0.29, 0.717) is 6.42 Å². The molecule has 0 aliphatic carbocycles. The summed E-state index contributed by atoms with van der Waals surface area (Å²) in [5, 5.41) is 5.47. The van der Waals surface area contributed by atoms with Crippen molar-refractivity contribution in [1.82, 2.24) is 0 Å². The molecule has 7 nitrogen and oxygen atoms in total. The van der Waals surface area contributed by atoms with Gasteiger partial charge < -0.3 is 4.74 Å². The second-order valence-corrected chi connectivity index (χ2v) is 14.1. The van der Waals surface area contributed by atoms with Gasteiger partial charge in [-0.25, -0.2) is 0 Å². The zero-order valence-corrected chi connectivity index (χ0v) is 24.1. The largest absolute Gasteiger partial charge is 0.445 e. The molecule has 35 heavy (non-hydrogen) atoms. The molecule has 0 aromatic rings. The lowest BCUT2D eigenvalue weighted by molar-refractivity contribution is -0.146. The van der Waals surface area contributed by atoms with Crippen LogP contribution in [0.25, 0.3) is 0 Å². The molecule has 0 bridgehead atoms. The molecule has 0 amide bonds. The molecule has 0 N–H and O–H groups in total. The highest BCUT2D eigenvalue weighted by Crippen LogP contribution is 2.47. The fourth-order valence-electron chi connectivity index (χ4n) is 4.99. The van der Waals surface area contributed by atoms with E-state index < -0.39 is 5.60 Å². The summed E-state index contributed by atoms with van der Waals surface area (Å²) in [6.07, 6.45) is 3.52. The zero-order valence-electron chi connectivity index (χ0n) is 20.0. The molecule has 0 saturated heterocycles. The summed E-state index contributed by atoms with van der Waals surface area (Å²) >= 11 is 9.08. The average molecular weight is 570 g/mol. The van der Waals surface area contributed by atoms with Crippen molar-refractivity contribution in [3.63, 3.8) is 0 Å². The first kappa shape index (κ1) is 26.2. The summed E-state index contributed by atoms with van der Waals surface area (Å²) < 4.78 is 6.11. The molecule has 0 aromatic heterocycles. The van der Waals surface area contributed by atoms with E-state index in [2.05, 4.69) is 0 Å². The quantitative estimate of drug-likeness (QED) is 0.266. The fourth-order valence-corrected chi connectivity index (χ4v) is 10.6. The summed E-state index contributed by atoms with van der Waals surface area (Å²) in [4.78, 5) is 36.7. The van der Waals surface area contributed by atoms with Crippen molar-refractivity contribution in [1.29, 1.82) is 0 Å². The maximum Gasteiger partial charge on any atom is 0.304 e. The van der Waals surface area contributed by atoms with E-state index in [1.165, 1.54) is 22.1 Å².